The fraction of sp³-hybridized carbons (Fsp3) is 0.407. The summed E-state index contributed by atoms with van der Waals surface area (Å²) in [5, 5.41) is 36.1. The molecule has 4 rings (SSSR count). The Morgan fingerprint density at radius 1 is 1.00 bits per heavy atom. The van der Waals surface area contributed by atoms with Crippen LogP contribution in [0.15, 0.2) is 54.6 Å². The molecule has 0 spiro atoms. The SMILES string of the molecule is CCOC(=O)OC[C@H]1O[C@@H](Oc2nn(-c3ccccc3)c(C)c2Cc2ccc(OC)cc2)[C@H](O)[C@@H](O)[C@@H]1O. The van der Waals surface area contributed by atoms with Crippen LogP contribution in [0.3, 0.4) is 0 Å². The maximum atomic E-state index is 11.6. The number of aliphatic hydroxyl groups excluding tert-OH is 3. The molecule has 204 valence electrons. The fourth-order valence-corrected chi connectivity index (χ4v) is 4.15. The van der Waals surface area contributed by atoms with E-state index in [1.807, 2.05) is 61.5 Å². The summed E-state index contributed by atoms with van der Waals surface area (Å²) in [6, 6.07) is 17.0. The van der Waals surface area contributed by atoms with Crippen LogP contribution in [-0.2, 0) is 20.6 Å². The Morgan fingerprint density at radius 3 is 2.37 bits per heavy atom. The maximum absolute atomic E-state index is 11.6. The van der Waals surface area contributed by atoms with Crippen LogP contribution in [0.25, 0.3) is 5.69 Å². The van der Waals surface area contributed by atoms with E-state index in [-0.39, 0.29) is 12.5 Å². The predicted molar refractivity (Wildman–Crippen MR) is 134 cm³/mol. The summed E-state index contributed by atoms with van der Waals surface area (Å²) in [4.78, 5) is 11.6. The van der Waals surface area contributed by atoms with Crippen molar-refractivity contribution in [2.75, 3.05) is 20.3 Å². The molecule has 5 atom stereocenters. The van der Waals surface area contributed by atoms with Gasteiger partial charge in [-0.2, -0.15) is 0 Å². The van der Waals surface area contributed by atoms with Gasteiger partial charge < -0.3 is 39.0 Å². The van der Waals surface area contributed by atoms with E-state index in [1.54, 1.807) is 18.7 Å². The number of methoxy groups -OCH3 is 1. The first-order chi connectivity index (χ1) is 18.3. The van der Waals surface area contributed by atoms with Crippen molar-refractivity contribution in [3.8, 4) is 17.3 Å². The Hall–Kier alpha value is -3.64. The summed E-state index contributed by atoms with van der Waals surface area (Å²) in [6.07, 6.45) is -7.82. The zero-order valence-corrected chi connectivity index (χ0v) is 21.4. The highest BCUT2D eigenvalue weighted by Gasteiger charge is 2.46. The van der Waals surface area contributed by atoms with Crippen molar-refractivity contribution in [2.45, 2.75) is 51.0 Å². The summed E-state index contributed by atoms with van der Waals surface area (Å²) in [5.74, 6) is 0.907. The van der Waals surface area contributed by atoms with Crippen LogP contribution in [0.5, 0.6) is 11.6 Å². The van der Waals surface area contributed by atoms with Gasteiger partial charge in [0, 0.05) is 17.7 Å². The number of hydrogen-bond acceptors (Lipinski definition) is 10. The number of aromatic nitrogens is 2. The van der Waals surface area contributed by atoms with Crippen LogP contribution < -0.4 is 9.47 Å². The zero-order chi connectivity index (χ0) is 27.2. The van der Waals surface area contributed by atoms with Gasteiger partial charge in [-0.3, -0.25) is 0 Å². The van der Waals surface area contributed by atoms with Crippen LogP contribution in [-0.4, -0.2) is 82.3 Å². The smallest absolute Gasteiger partial charge is 0.497 e. The van der Waals surface area contributed by atoms with Gasteiger partial charge in [0.05, 0.1) is 19.4 Å². The van der Waals surface area contributed by atoms with Crippen molar-refractivity contribution in [2.24, 2.45) is 0 Å². The highest BCUT2D eigenvalue weighted by molar-refractivity contribution is 5.59. The maximum Gasteiger partial charge on any atom is 0.508 e. The average molecular weight is 529 g/mol. The molecule has 0 radical (unpaired) electrons. The molecule has 3 aromatic rings. The van der Waals surface area contributed by atoms with Gasteiger partial charge >= 0.3 is 6.16 Å². The van der Waals surface area contributed by atoms with Gasteiger partial charge in [-0.1, -0.05) is 30.3 Å². The third-order valence-corrected chi connectivity index (χ3v) is 6.27. The van der Waals surface area contributed by atoms with Crippen molar-refractivity contribution in [1.29, 1.82) is 0 Å². The van der Waals surface area contributed by atoms with E-state index in [0.717, 1.165) is 28.3 Å². The molecule has 1 aromatic heterocycles. The Balaban J connectivity index is 1.62. The van der Waals surface area contributed by atoms with Crippen LogP contribution in [0.4, 0.5) is 4.79 Å². The highest BCUT2D eigenvalue weighted by Crippen LogP contribution is 2.31. The first-order valence-corrected chi connectivity index (χ1v) is 12.2. The number of nitrogens with zero attached hydrogens (tertiary/aromatic N) is 2. The Kier molecular flexibility index (Phi) is 8.85. The quantitative estimate of drug-likeness (QED) is 0.354. The van der Waals surface area contributed by atoms with Crippen molar-refractivity contribution >= 4 is 6.16 Å². The molecule has 0 saturated carbocycles. The molecule has 38 heavy (non-hydrogen) atoms. The highest BCUT2D eigenvalue weighted by atomic mass is 16.7. The molecule has 1 saturated heterocycles. The molecular weight excluding hydrogens is 496 g/mol. The van der Waals surface area contributed by atoms with Gasteiger partial charge in [0.25, 0.3) is 0 Å². The topological polar surface area (TPSA) is 142 Å². The first-order valence-electron chi connectivity index (χ1n) is 12.2. The second-order valence-electron chi connectivity index (χ2n) is 8.77. The normalized spacial score (nSPS) is 23.1. The Bertz CT molecular complexity index is 1200. The van der Waals surface area contributed by atoms with Gasteiger partial charge in [0.2, 0.25) is 12.2 Å². The predicted octanol–water partition coefficient (Wildman–Crippen LogP) is 2.14. The van der Waals surface area contributed by atoms with Crippen molar-refractivity contribution in [1.82, 2.24) is 9.78 Å². The van der Waals surface area contributed by atoms with E-state index in [1.165, 1.54) is 0 Å². The number of ether oxygens (including phenoxy) is 5. The number of carbonyl (C=O) groups excluding carboxylic acids is 1. The lowest BCUT2D eigenvalue weighted by atomic mass is 9.99. The third-order valence-electron chi connectivity index (χ3n) is 6.27. The van der Waals surface area contributed by atoms with Crippen LogP contribution in [0, 0.1) is 6.92 Å². The second-order valence-corrected chi connectivity index (χ2v) is 8.77. The third kappa shape index (κ3) is 6.08. The van der Waals surface area contributed by atoms with E-state index >= 15 is 0 Å². The monoisotopic (exact) mass is 528 g/mol. The number of carbonyl (C=O) groups is 1. The number of aliphatic hydroxyl groups is 3. The minimum Gasteiger partial charge on any atom is -0.497 e. The van der Waals surface area contributed by atoms with E-state index in [2.05, 4.69) is 5.10 Å². The van der Waals surface area contributed by atoms with Gasteiger partial charge in [-0.05, 0) is 43.7 Å². The second kappa shape index (κ2) is 12.3. The molecule has 1 aliphatic heterocycles. The average Bonchev–Trinajstić information content (AvgIpc) is 3.23. The van der Waals surface area contributed by atoms with Crippen LogP contribution in [0.2, 0.25) is 0 Å². The lowest BCUT2D eigenvalue weighted by Crippen LogP contribution is -2.60. The molecule has 1 fully saturated rings. The number of para-hydroxylation sites is 1. The van der Waals surface area contributed by atoms with E-state index in [0.29, 0.717) is 6.42 Å². The molecule has 11 heteroatoms. The summed E-state index contributed by atoms with van der Waals surface area (Å²) in [6.45, 7) is 3.22. The standard InChI is InChI=1S/C27H32N2O9/c1-4-35-27(33)36-15-21-22(30)23(31)24(32)26(37-21)38-25-20(14-17-10-12-19(34-3)13-11-17)16(2)29(28-25)18-8-6-5-7-9-18/h5-13,21-24,26,30-32H,4,14-15H2,1-3H3/t21-,22-,23+,24-,26+/m1/s1. The Morgan fingerprint density at radius 2 is 1.71 bits per heavy atom. The van der Waals surface area contributed by atoms with Gasteiger partial charge in [0.15, 0.2) is 0 Å². The number of benzene rings is 2. The number of hydrogen-bond donors (Lipinski definition) is 3. The van der Waals surface area contributed by atoms with Crippen LogP contribution in [0.1, 0.15) is 23.7 Å². The molecule has 3 N–H and O–H groups in total. The largest absolute Gasteiger partial charge is 0.508 e. The van der Waals surface area contributed by atoms with Gasteiger partial charge in [0.1, 0.15) is 36.8 Å². The van der Waals surface area contributed by atoms with E-state index in [9.17, 15) is 20.1 Å². The van der Waals surface area contributed by atoms with Crippen molar-refractivity contribution in [3.63, 3.8) is 0 Å². The molecular formula is C27H32N2O9. The zero-order valence-electron chi connectivity index (χ0n) is 21.4. The lowest BCUT2D eigenvalue weighted by Gasteiger charge is -2.39. The lowest BCUT2D eigenvalue weighted by molar-refractivity contribution is -0.278. The molecule has 2 aromatic carbocycles. The summed E-state index contributed by atoms with van der Waals surface area (Å²) >= 11 is 0. The summed E-state index contributed by atoms with van der Waals surface area (Å²) < 4.78 is 28.4. The minimum absolute atomic E-state index is 0.111. The minimum atomic E-state index is -1.62. The number of rotatable bonds is 9. The molecule has 1 aliphatic rings. The van der Waals surface area contributed by atoms with E-state index in [4.69, 9.17) is 23.7 Å². The van der Waals surface area contributed by atoms with Gasteiger partial charge in [-0.15, -0.1) is 5.10 Å². The molecule has 0 aliphatic carbocycles. The molecule has 0 bridgehead atoms. The summed E-state index contributed by atoms with van der Waals surface area (Å²) in [7, 11) is 1.60. The Labute approximate surface area is 220 Å². The molecule has 2 heterocycles. The van der Waals surface area contributed by atoms with Crippen molar-refractivity contribution < 1.29 is 43.8 Å². The van der Waals surface area contributed by atoms with E-state index < -0.39 is 43.5 Å². The molecule has 0 amide bonds. The molecule has 0 unspecified atom stereocenters. The summed E-state index contributed by atoms with van der Waals surface area (Å²) in [5.41, 5.74) is 3.30. The van der Waals surface area contributed by atoms with Gasteiger partial charge in [-0.25, -0.2) is 9.48 Å². The molecule has 11 nitrogen and oxygen atoms in total. The van der Waals surface area contributed by atoms with Crippen LogP contribution >= 0.6 is 0 Å². The first kappa shape index (κ1) is 27.4. The fourth-order valence-electron chi connectivity index (χ4n) is 4.15. The van der Waals surface area contributed by atoms with Crippen molar-refractivity contribution in [3.05, 3.63) is 71.4 Å².